The number of carbonyl (C=O) groups excluding carboxylic acids is 2. The fraction of sp³-hybridized carbons (Fsp3) is 0.182. The average Bonchev–Trinajstić information content (AvgIpc) is 3.24. The SMILES string of the molecule is CCNC(=O)Nc1nc2c(F)c(-c3cnc(N(C)CC(=O)[O-])nc3)cc(-c3ccccn3)c2s1.[Li+]. The molecule has 0 spiro atoms. The maximum absolute atomic E-state index is 15.6. The van der Waals surface area contributed by atoms with Gasteiger partial charge in [0, 0.05) is 48.9 Å². The van der Waals surface area contributed by atoms with Gasteiger partial charge in [-0.3, -0.25) is 10.3 Å². The summed E-state index contributed by atoms with van der Waals surface area (Å²) in [4.78, 5) is 41.1. The van der Waals surface area contributed by atoms with Gasteiger partial charge in [-0.25, -0.2) is 24.1 Å². The molecule has 0 aliphatic heterocycles. The predicted molar refractivity (Wildman–Crippen MR) is 125 cm³/mol. The minimum atomic E-state index is -1.27. The summed E-state index contributed by atoms with van der Waals surface area (Å²) in [6.45, 7) is 1.83. The summed E-state index contributed by atoms with van der Waals surface area (Å²) in [5.41, 5.74) is 1.87. The van der Waals surface area contributed by atoms with Crippen LogP contribution in [0.5, 0.6) is 0 Å². The number of fused-ring (bicyclic) bond motifs is 1. The van der Waals surface area contributed by atoms with E-state index in [-0.39, 0.29) is 47.6 Å². The van der Waals surface area contributed by atoms with E-state index in [1.165, 1.54) is 24.3 Å². The van der Waals surface area contributed by atoms with Gasteiger partial charge in [0.1, 0.15) is 5.52 Å². The van der Waals surface area contributed by atoms with Crippen molar-refractivity contribution in [2.24, 2.45) is 0 Å². The van der Waals surface area contributed by atoms with Gasteiger partial charge in [-0.05, 0) is 25.1 Å². The number of halogens is 1. The van der Waals surface area contributed by atoms with Crippen molar-refractivity contribution in [3.63, 3.8) is 0 Å². The molecule has 0 atom stereocenters. The molecule has 35 heavy (non-hydrogen) atoms. The number of anilines is 2. The number of carbonyl (C=O) groups is 2. The zero-order valence-electron chi connectivity index (χ0n) is 19.2. The largest absolute Gasteiger partial charge is 1.00 e. The molecule has 2 N–H and O–H groups in total. The minimum Gasteiger partial charge on any atom is -0.548 e. The number of pyridine rings is 1. The summed E-state index contributed by atoms with van der Waals surface area (Å²) in [7, 11) is 1.51. The van der Waals surface area contributed by atoms with E-state index in [1.54, 1.807) is 31.3 Å². The van der Waals surface area contributed by atoms with Crippen molar-refractivity contribution >= 4 is 44.6 Å². The fourth-order valence-electron chi connectivity index (χ4n) is 3.25. The van der Waals surface area contributed by atoms with E-state index in [0.717, 1.165) is 11.3 Å². The topological polar surface area (TPSA) is 136 Å². The van der Waals surface area contributed by atoms with Crippen molar-refractivity contribution in [3.8, 4) is 22.4 Å². The third-order valence-corrected chi connectivity index (χ3v) is 5.76. The van der Waals surface area contributed by atoms with E-state index in [1.807, 2.05) is 6.07 Å². The van der Waals surface area contributed by atoms with Crippen molar-refractivity contribution in [2.75, 3.05) is 30.4 Å². The first kappa shape index (κ1) is 26.0. The smallest absolute Gasteiger partial charge is 0.548 e. The second kappa shape index (κ2) is 11.2. The van der Waals surface area contributed by atoms with Crippen LogP contribution >= 0.6 is 11.3 Å². The maximum Gasteiger partial charge on any atom is 1.00 e. The first-order valence-corrected chi connectivity index (χ1v) is 11.0. The van der Waals surface area contributed by atoms with Crippen molar-refractivity contribution in [2.45, 2.75) is 6.92 Å². The van der Waals surface area contributed by atoms with Gasteiger partial charge < -0.3 is 20.1 Å². The Kier molecular flexibility index (Phi) is 8.34. The third-order valence-electron chi connectivity index (χ3n) is 4.76. The number of carboxylic acid groups (broad SMARTS) is 1. The van der Waals surface area contributed by atoms with Gasteiger partial charge in [0.15, 0.2) is 10.9 Å². The number of aromatic nitrogens is 4. The summed E-state index contributed by atoms with van der Waals surface area (Å²) in [5.74, 6) is -1.72. The molecule has 0 fully saturated rings. The molecule has 3 aromatic heterocycles. The van der Waals surface area contributed by atoms with Crippen LogP contribution < -0.4 is 39.5 Å². The Balaban J connectivity index is 0.00000342. The molecule has 174 valence electrons. The van der Waals surface area contributed by atoms with Gasteiger partial charge in [-0.2, -0.15) is 0 Å². The molecule has 0 radical (unpaired) electrons. The number of hydrogen-bond acceptors (Lipinski definition) is 9. The second-order valence-electron chi connectivity index (χ2n) is 7.18. The number of nitrogens with one attached hydrogen (secondary N) is 2. The number of amides is 2. The Labute approximate surface area is 215 Å². The van der Waals surface area contributed by atoms with Gasteiger partial charge in [0.2, 0.25) is 5.95 Å². The number of rotatable bonds is 7. The molecule has 0 bridgehead atoms. The number of likely N-dealkylation sites (N-methyl/N-ethyl adjacent to an activating group) is 1. The Morgan fingerprint density at radius 2 is 1.91 bits per heavy atom. The summed E-state index contributed by atoms with van der Waals surface area (Å²) >= 11 is 1.14. The predicted octanol–water partition coefficient (Wildman–Crippen LogP) is -0.714. The number of aliphatic carboxylic acids is 1. The molecule has 4 rings (SSSR count). The van der Waals surface area contributed by atoms with Crippen LogP contribution in [0.1, 0.15) is 6.92 Å². The van der Waals surface area contributed by atoms with Crippen molar-refractivity contribution in [3.05, 3.63) is 48.7 Å². The van der Waals surface area contributed by atoms with E-state index in [2.05, 4.69) is 30.6 Å². The number of urea groups is 1. The first-order chi connectivity index (χ1) is 16.4. The normalized spacial score (nSPS) is 10.5. The Morgan fingerprint density at radius 1 is 1.17 bits per heavy atom. The second-order valence-corrected chi connectivity index (χ2v) is 8.18. The van der Waals surface area contributed by atoms with E-state index in [4.69, 9.17) is 0 Å². The Morgan fingerprint density at radius 3 is 2.54 bits per heavy atom. The Bertz CT molecular complexity index is 1350. The summed E-state index contributed by atoms with van der Waals surface area (Å²) in [6.07, 6.45) is 4.44. The quantitative estimate of drug-likeness (QED) is 0.326. The van der Waals surface area contributed by atoms with Crippen LogP contribution in [0.4, 0.5) is 20.3 Å². The van der Waals surface area contributed by atoms with E-state index in [9.17, 15) is 14.7 Å². The zero-order chi connectivity index (χ0) is 24.2. The first-order valence-electron chi connectivity index (χ1n) is 10.2. The molecule has 0 unspecified atom stereocenters. The molecule has 3 heterocycles. The van der Waals surface area contributed by atoms with Crippen LogP contribution in [0.2, 0.25) is 0 Å². The maximum atomic E-state index is 15.6. The zero-order valence-corrected chi connectivity index (χ0v) is 20.0. The standard InChI is InChI=1S/C22H20FN7O3S.Li/c1-3-24-21(33)29-22-28-18-17(23)13(8-14(19(18)34-22)15-6-4-5-7-25-15)12-9-26-20(27-10-12)30(2)11-16(31)32;/h4-10H,3,11H2,1-2H3,(H,31,32)(H2,24,28,29,33);/q;+1/p-1. The molecular formula is C22H19FLiN7O3S. The summed E-state index contributed by atoms with van der Waals surface area (Å²) in [6, 6.07) is 6.58. The van der Waals surface area contributed by atoms with Gasteiger partial charge in [-0.1, -0.05) is 17.4 Å². The van der Waals surface area contributed by atoms with Crippen LogP contribution in [0.15, 0.2) is 42.9 Å². The number of thiazole rings is 1. The van der Waals surface area contributed by atoms with Crippen LogP contribution in [-0.4, -0.2) is 52.1 Å². The molecule has 10 nitrogen and oxygen atoms in total. The number of benzene rings is 1. The average molecular weight is 487 g/mol. The van der Waals surface area contributed by atoms with Crippen molar-refractivity contribution in [1.29, 1.82) is 0 Å². The summed E-state index contributed by atoms with van der Waals surface area (Å²) < 4.78 is 16.1. The number of nitrogens with zero attached hydrogens (tertiary/aromatic N) is 5. The molecule has 0 aliphatic rings. The van der Waals surface area contributed by atoms with Gasteiger partial charge in [0.05, 0.1) is 22.9 Å². The van der Waals surface area contributed by atoms with Gasteiger partial charge in [-0.15, -0.1) is 0 Å². The van der Waals surface area contributed by atoms with Crippen molar-refractivity contribution in [1.82, 2.24) is 25.3 Å². The molecular weight excluding hydrogens is 468 g/mol. The molecule has 0 saturated heterocycles. The Hall–Kier alpha value is -3.59. The molecule has 13 heteroatoms. The third kappa shape index (κ3) is 5.74. The van der Waals surface area contributed by atoms with Crippen LogP contribution in [0.3, 0.4) is 0 Å². The van der Waals surface area contributed by atoms with Crippen LogP contribution in [-0.2, 0) is 4.79 Å². The van der Waals surface area contributed by atoms with Crippen LogP contribution in [0, 0.1) is 5.82 Å². The fourth-order valence-corrected chi connectivity index (χ4v) is 4.23. The molecule has 2 amide bonds. The number of carboxylic acids is 1. The van der Waals surface area contributed by atoms with E-state index < -0.39 is 17.8 Å². The summed E-state index contributed by atoms with van der Waals surface area (Å²) in [5, 5.41) is 16.3. The van der Waals surface area contributed by atoms with Gasteiger partial charge in [0.25, 0.3) is 0 Å². The number of hydrogen-bond donors (Lipinski definition) is 2. The molecule has 1 aromatic carbocycles. The van der Waals surface area contributed by atoms with Gasteiger partial charge >= 0.3 is 24.9 Å². The minimum absolute atomic E-state index is 0. The molecule has 0 aliphatic carbocycles. The van der Waals surface area contributed by atoms with Crippen molar-refractivity contribution < 1.29 is 37.9 Å². The molecule has 0 saturated carbocycles. The van der Waals surface area contributed by atoms with E-state index in [0.29, 0.717) is 28.1 Å². The van der Waals surface area contributed by atoms with E-state index >= 15 is 4.39 Å². The van der Waals surface area contributed by atoms with Crippen LogP contribution in [0.25, 0.3) is 32.6 Å². The monoisotopic (exact) mass is 487 g/mol. The molecule has 4 aromatic rings.